The third-order valence-corrected chi connectivity index (χ3v) is 2.84. The molecule has 0 unspecified atom stereocenters. The molecule has 0 aromatic carbocycles. The topological polar surface area (TPSA) is 73.2 Å². The fourth-order valence-electron chi connectivity index (χ4n) is 1.29. The lowest BCUT2D eigenvalue weighted by Gasteiger charge is -2.18. The highest BCUT2D eigenvalue weighted by molar-refractivity contribution is 8.00. The third-order valence-electron chi connectivity index (χ3n) is 2.06. The smallest absolute Gasteiger partial charge is 0.232 e. The lowest BCUT2D eigenvalue weighted by atomic mass is 10.4. The van der Waals surface area contributed by atoms with Crippen LogP contribution in [0.1, 0.15) is 6.42 Å². The minimum Gasteiger partial charge on any atom is -0.354 e. The van der Waals surface area contributed by atoms with Gasteiger partial charge >= 0.3 is 0 Å². The van der Waals surface area contributed by atoms with Gasteiger partial charge in [0.05, 0.1) is 17.6 Å². The molecule has 0 spiro atoms. The molecule has 1 aliphatic rings. The number of hydrogen-bond donors (Lipinski definition) is 1. The Bertz CT molecular complexity index is 288. The van der Waals surface area contributed by atoms with Gasteiger partial charge in [0.15, 0.2) is 0 Å². The van der Waals surface area contributed by atoms with Gasteiger partial charge in [0.2, 0.25) is 11.8 Å². The van der Waals surface area contributed by atoms with Crippen LogP contribution < -0.4 is 5.32 Å². The summed E-state index contributed by atoms with van der Waals surface area (Å²) in [7, 11) is 0. The Morgan fingerprint density at radius 2 is 2.40 bits per heavy atom. The van der Waals surface area contributed by atoms with E-state index in [0.29, 0.717) is 37.6 Å². The maximum absolute atomic E-state index is 11.6. The fraction of sp³-hybridized carbons (Fsp3) is 0.667. The van der Waals surface area contributed by atoms with Gasteiger partial charge in [-0.15, -0.1) is 11.8 Å². The molecule has 0 aromatic rings. The highest BCUT2D eigenvalue weighted by Gasteiger charge is 2.17. The molecule has 1 N–H and O–H groups in total. The average molecular weight is 227 g/mol. The predicted molar refractivity (Wildman–Crippen MR) is 57.1 cm³/mol. The lowest BCUT2D eigenvalue weighted by Crippen LogP contribution is -2.35. The molecule has 0 radical (unpaired) electrons. The van der Waals surface area contributed by atoms with Crippen LogP contribution in [0.4, 0.5) is 0 Å². The third kappa shape index (κ3) is 4.21. The summed E-state index contributed by atoms with van der Waals surface area (Å²) < 4.78 is 0. The van der Waals surface area contributed by atoms with Crippen LogP contribution in [0.15, 0.2) is 0 Å². The van der Waals surface area contributed by atoms with Gasteiger partial charge in [0.25, 0.3) is 0 Å². The van der Waals surface area contributed by atoms with Crippen molar-refractivity contribution in [2.45, 2.75) is 6.42 Å². The molecule has 0 atom stereocenters. The van der Waals surface area contributed by atoms with Crippen LogP contribution in [0.25, 0.3) is 0 Å². The van der Waals surface area contributed by atoms with E-state index < -0.39 is 0 Å². The Morgan fingerprint density at radius 3 is 3.13 bits per heavy atom. The van der Waals surface area contributed by atoms with E-state index in [0.717, 1.165) is 0 Å². The lowest BCUT2D eigenvalue weighted by molar-refractivity contribution is -0.128. The second kappa shape index (κ2) is 6.30. The molecule has 0 saturated carbocycles. The summed E-state index contributed by atoms with van der Waals surface area (Å²) in [6.07, 6.45) is 0.370. The van der Waals surface area contributed by atoms with Crippen LogP contribution in [-0.4, -0.2) is 47.9 Å². The number of nitrogens with one attached hydrogen (secondary N) is 1. The summed E-state index contributed by atoms with van der Waals surface area (Å²) in [4.78, 5) is 24.3. The Morgan fingerprint density at radius 1 is 1.60 bits per heavy atom. The minimum atomic E-state index is -0.00465. The highest BCUT2D eigenvalue weighted by Crippen LogP contribution is 2.04. The van der Waals surface area contributed by atoms with Crippen molar-refractivity contribution in [2.24, 2.45) is 0 Å². The molecular formula is C9H13N3O2S. The maximum Gasteiger partial charge on any atom is 0.232 e. The van der Waals surface area contributed by atoms with Crippen molar-refractivity contribution in [1.29, 1.82) is 5.26 Å². The number of rotatable bonds is 3. The molecule has 15 heavy (non-hydrogen) atoms. The van der Waals surface area contributed by atoms with Gasteiger partial charge in [-0.3, -0.25) is 9.59 Å². The Kier molecular flexibility index (Phi) is 4.98. The number of thioether (sulfide) groups is 1. The van der Waals surface area contributed by atoms with E-state index in [-0.39, 0.29) is 11.8 Å². The van der Waals surface area contributed by atoms with Gasteiger partial charge in [-0.25, -0.2) is 0 Å². The van der Waals surface area contributed by atoms with E-state index in [9.17, 15) is 9.59 Å². The number of amides is 2. The molecule has 1 aliphatic heterocycles. The van der Waals surface area contributed by atoms with Crippen molar-refractivity contribution in [3.05, 3.63) is 0 Å². The van der Waals surface area contributed by atoms with E-state index in [1.807, 2.05) is 6.07 Å². The molecule has 1 fully saturated rings. The van der Waals surface area contributed by atoms with Gasteiger partial charge in [-0.2, -0.15) is 5.26 Å². The van der Waals surface area contributed by atoms with E-state index in [2.05, 4.69) is 5.32 Å². The number of nitriles is 1. The number of nitrogens with zero attached hydrogens (tertiary/aromatic N) is 2. The van der Waals surface area contributed by atoms with Crippen molar-refractivity contribution < 1.29 is 9.59 Å². The quantitative estimate of drug-likeness (QED) is 0.665. The highest BCUT2D eigenvalue weighted by atomic mass is 32.2. The van der Waals surface area contributed by atoms with Gasteiger partial charge in [-0.1, -0.05) is 0 Å². The zero-order valence-electron chi connectivity index (χ0n) is 8.36. The molecule has 0 aliphatic carbocycles. The molecule has 1 heterocycles. The van der Waals surface area contributed by atoms with Crippen molar-refractivity contribution in [3.8, 4) is 6.07 Å². The normalized spacial score (nSPS) is 16.5. The summed E-state index contributed by atoms with van der Waals surface area (Å²) in [6, 6.07) is 1.97. The number of carbonyl (C=O) groups excluding carboxylic acids is 2. The zero-order valence-corrected chi connectivity index (χ0v) is 9.18. The van der Waals surface area contributed by atoms with Gasteiger partial charge in [0, 0.05) is 26.1 Å². The summed E-state index contributed by atoms with van der Waals surface area (Å²) in [6.45, 7) is 1.57. The second-order valence-corrected chi connectivity index (χ2v) is 4.12. The second-order valence-electron chi connectivity index (χ2n) is 3.13. The Labute approximate surface area is 92.8 Å². The summed E-state index contributed by atoms with van der Waals surface area (Å²) in [5.41, 5.74) is 0. The van der Waals surface area contributed by atoms with Gasteiger partial charge in [-0.05, 0) is 0 Å². The fourth-order valence-corrected chi connectivity index (χ4v) is 1.84. The molecule has 6 heteroatoms. The van der Waals surface area contributed by atoms with Crippen molar-refractivity contribution in [1.82, 2.24) is 10.2 Å². The van der Waals surface area contributed by atoms with Crippen LogP contribution in [0, 0.1) is 11.3 Å². The predicted octanol–water partition coefficient (Wildman–Crippen LogP) is -0.408. The number of hydrogen-bond acceptors (Lipinski definition) is 4. The first-order valence-electron chi connectivity index (χ1n) is 4.73. The molecule has 82 valence electrons. The van der Waals surface area contributed by atoms with E-state index in [1.165, 1.54) is 11.8 Å². The average Bonchev–Trinajstić information content (AvgIpc) is 2.43. The molecular weight excluding hydrogens is 214 g/mol. The van der Waals surface area contributed by atoms with Crippen molar-refractivity contribution in [3.63, 3.8) is 0 Å². The van der Waals surface area contributed by atoms with E-state index in [1.54, 1.807) is 4.90 Å². The summed E-state index contributed by atoms with van der Waals surface area (Å²) in [5.74, 6) is 0.653. The first-order chi connectivity index (χ1) is 7.24. The van der Waals surface area contributed by atoms with E-state index in [4.69, 9.17) is 5.26 Å². The van der Waals surface area contributed by atoms with Crippen LogP contribution in [0.2, 0.25) is 0 Å². The molecule has 5 nitrogen and oxygen atoms in total. The Hall–Kier alpha value is -1.22. The standard InChI is InChI=1S/C9H13N3O2S/c10-2-6-15-7-9(14)12-4-1-8(13)11-3-5-12/h1,3-7H2,(H,11,13). The van der Waals surface area contributed by atoms with E-state index >= 15 is 0 Å². The van der Waals surface area contributed by atoms with Gasteiger partial charge in [0.1, 0.15) is 0 Å². The zero-order chi connectivity index (χ0) is 11.1. The number of carbonyl (C=O) groups is 2. The minimum absolute atomic E-state index is 0.00465. The van der Waals surface area contributed by atoms with Gasteiger partial charge < -0.3 is 10.2 Å². The van der Waals surface area contributed by atoms with Crippen molar-refractivity contribution in [2.75, 3.05) is 31.1 Å². The van der Waals surface area contributed by atoms with Crippen LogP contribution in [0.5, 0.6) is 0 Å². The SMILES string of the molecule is N#CCSCC(=O)N1CCNC(=O)CC1. The first kappa shape index (κ1) is 11.9. The molecule has 1 rings (SSSR count). The van der Waals surface area contributed by atoms with Crippen LogP contribution in [0.3, 0.4) is 0 Å². The van der Waals surface area contributed by atoms with Crippen LogP contribution in [-0.2, 0) is 9.59 Å². The maximum atomic E-state index is 11.6. The van der Waals surface area contributed by atoms with Crippen molar-refractivity contribution >= 4 is 23.6 Å². The van der Waals surface area contributed by atoms with Crippen LogP contribution >= 0.6 is 11.8 Å². The molecule has 0 aromatic heterocycles. The largest absolute Gasteiger partial charge is 0.354 e. The summed E-state index contributed by atoms with van der Waals surface area (Å²) in [5, 5.41) is 11.0. The Balaban J connectivity index is 2.32. The monoisotopic (exact) mass is 227 g/mol. The molecule has 1 saturated heterocycles. The first-order valence-corrected chi connectivity index (χ1v) is 5.88. The molecule has 2 amide bonds. The summed E-state index contributed by atoms with van der Waals surface area (Å²) >= 11 is 1.30. The molecule has 0 bridgehead atoms.